The Hall–Kier alpha value is -2.86. The normalized spacial score (nSPS) is 15.8. The van der Waals surface area contributed by atoms with Crippen LogP contribution in [0.4, 0.5) is 10.1 Å². The molecular formula is C21H18FNO3S. The van der Waals surface area contributed by atoms with Crippen LogP contribution in [0.2, 0.25) is 0 Å². The molecule has 1 aromatic heterocycles. The number of halogens is 1. The zero-order valence-corrected chi connectivity index (χ0v) is 15.5. The van der Waals surface area contributed by atoms with E-state index in [-0.39, 0.29) is 17.6 Å². The van der Waals surface area contributed by atoms with E-state index in [9.17, 15) is 9.18 Å². The minimum absolute atomic E-state index is 0.00664. The molecule has 0 saturated carbocycles. The molecule has 1 aliphatic rings. The van der Waals surface area contributed by atoms with Crippen LogP contribution in [0.3, 0.4) is 0 Å². The summed E-state index contributed by atoms with van der Waals surface area (Å²) in [5, 5.41) is 4.90. The Bertz CT molecular complexity index is 968. The second-order valence-corrected chi connectivity index (χ2v) is 7.28. The fourth-order valence-electron chi connectivity index (χ4n) is 3.21. The van der Waals surface area contributed by atoms with Crippen molar-refractivity contribution in [2.45, 2.75) is 18.9 Å². The van der Waals surface area contributed by atoms with Gasteiger partial charge in [-0.15, -0.1) is 11.3 Å². The monoisotopic (exact) mass is 383 g/mol. The number of anilines is 1. The Balaban J connectivity index is 1.61. The average molecular weight is 383 g/mol. The number of methoxy groups -OCH3 is 1. The van der Waals surface area contributed by atoms with E-state index in [4.69, 9.17) is 9.47 Å². The summed E-state index contributed by atoms with van der Waals surface area (Å²) in [7, 11) is 1.59. The van der Waals surface area contributed by atoms with Crippen molar-refractivity contribution in [3.8, 4) is 11.5 Å². The van der Waals surface area contributed by atoms with Crippen LogP contribution >= 0.6 is 11.3 Å². The number of nitrogens with one attached hydrogen (secondary N) is 1. The van der Waals surface area contributed by atoms with Crippen molar-refractivity contribution in [1.82, 2.24) is 0 Å². The van der Waals surface area contributed by atoms with E-state index in [0.29, 0.717) is 24.5 Å². The van der Waals surface area contributed by atoms with Crippen LogP contribution < -0.4 is 14.8 Å². The lowest BCUT2D eigenvalue weighted by molar-refractivity contribution is -0.116. The first-order valence-electron chi connectivity index (χ1n) is 8.56. The van der Waals surface area contributed by atoms with Crippen molar-refractivity contribution in [1.29, 1.82) is 0 Å². The summed E-state index contributed by atoms with van der Waals surface area (Å²) in [4.78, 5) is 13.2. The molecule has 0 bridgehead atoms. The SMILES string of the molecule is COc1ccc([C@H]2CC(=O)Nc3ccsc32)cc1OCc1ccc(F)cc1. The molecule has 0 fully saturated rings. The van der Waals surface area contributed by atoms with Gasteiger partial charge in [0.1, 0.15) is 12.4 Å². The van der Waals surface area contributed by atoms with Crippen molar-refractivity contribution in [3.05, 3.63) is 75.7 Å². The van der Waals surface area contributed by atoms with Crippen LogP contribution in [-0.4, -0.2) is 13.0 Å². The Kier molecular flexibility index (Phi) is 4.81. The molecular weight excluding hydrogens is 365 g/mol. The van der Waals surface area contributed by atoms with Gasteiger partial charge in [-0.05, 0) is 46.8 Å². The number of amides is 1. The van der Waals surface area contributed by atoms with Gasteiger partial charge in [0.25, 0.3) is 0 Å². The van der Waals surface area contributed by atoms with Crippen molar-refractivity contribution >= 4 is 22.9 Å². The lowest BCUT2D eigenvalue weighted by atomic mass is 9.90. The van der Waals surface area contributed by atoms with E-state index >= 15 is 0 Å². The third-order valence-corrected chi connectivity index (χ3v) is 5.60. The van der Waals surface area contributed by atoms with Gasteiger partial charge in [-0.25, -0.2) is 4.39 Å². The average Bonchev–Trinajstić information content (AvgIpc) is 3.15. The largest absolute Gasteiger partial charge is 0.493 e. The maximum Gasteiger partial charge on any atom is 0.225 e. The smallest absolute Gasteiger partial charge is 0.225 e. The molecule has 1 N–H and O–H groups in total. The van der Waals surface area contributed by atoms with E-state index in [0.717, 1.165) is 21.7 Å². The summed E-state index contributed by atoms with van der Waals surface area (Å²) in [5.74, 6) is 0.944. The fraction of sp³-hybridized carbons (Fsp3) is 0.190. The molecule has 2 heterocycles. The molecule has 1 atom stereocenters. The molecule has 138 valence electrons. The molecule has 0 spiro atoms. The van der Waals surface area contributed by atoms with Gasteiger partial charge in [0, 0.05) is 17.2 Å². The number of carbonyl (C=O) groups is 1. The van der Waals surface area contributed by atoms with Crippen molar-refractivity contribution in [3.63, 3.8) is 0 Å². The minimum Gasteiger partial charge on any atom is -0.493 e. The fourth-order valence-corrected chi connectivity index (χ4v) is 4.19. The van der Waals surface area contributed by atoms with Gasteiger partial charge < -0.3 is 14.8 Å². The van der Waals surface area contributed by atoms with E-state index < -0.39 is 0 Å². The highest BCUT2D eigenvalue weighted by molar-refractivity contribution is 7.10. The number of ether oxygens (including phenoxy) is 2. The molecule has 0 aliphatic carbocycles. The Labute approximate surface area is 160 Å². The van der Waals surface area contributed by atoms with Gasteiger partial charge in [-0.2, -0.15) is 0 Å². The van der Waals surface area contributed by atoms with E-state index in [2.05, 4.69) is 5.32 Å². The van der Waals surface area contributed by atoms with Gasteiger partial charge in [-0.1, -0.05) is 18.2 Å². The number of benzene rings is 2. The molecule has 3 aromatic rings. The highest BCUT2D eigenvalue weighted by Crippen LogP contribution is 2.42. The molecule has 4 rings (SSSR count). The van der Waals surface area contributed by atoms with Gasteiger partial charge in [0.05, 0.1) is 12.8 Å². The predicted octanol–water partition coefficient (Wildman–Crippen LogP) is 4.95. The van der Waals surface area contributed by atoms with Crippen LogP contribution in [0.15, 0.2) is 53.9 Å². The molecule has 0 radical (unpaired) electrons. The quantitative estimate of drug-likeness (QED) is 0.678. The van der Waals surface area contributed by atoms with Crippen LogP contribution in [0, 0.1) is 5.82 Å². The van der Waals surface area contributed by atoms with E-state index in [1.165, 1.54) is 12.1 Å². The molecule has 2 aromatic carbocycles. The van der Waals surface area contributed by atoms with Gasteiger partial charge in [0.2, 0.25) is 5.91 Å². The van der Waals surface area contributed by atoms with Crippen LogP contribution in [0.5, 0.6) is 11.5 Å². The van der Waals surface area contributed by atoms with E-state index in [1.807, 2.05) is 29.6 Å². The lowest BCUT2D eigenvalue weighted by Gasteiger charge is -2.23. The highest BCUT2D eigenvalue weighted by atomic mass is 32.1. The van der Waals surface area contributed by atoms with Gasteiger partial charge in [0.15, 0.2) is 11.5 Å². The summed E-state index contributed by atoms with van der Waals surface area (Å²) in [6.45, 7) is 0.301. The number of carbonyl (C=O) groups excluding carboxylic acids is 1. The second-order valence-electron chi connectivity index (χ2n) is 6.33. The first-order valence-corrected chi connectivity index (χ1v) is 9.44. The number of hydrogen-bond acceptors (Lipinski definition) is 4. The zero-order valence-electron chi connectivity index (χ0n) is 14.7. The van der Waals surface area contributed by atoms with E-state index in [1.54, 1.807) is 30.6 Å². The summed E-state index contributed by atoms with van der Waals surface area (Å²) < 4.78 is 24.4. The standard InChI is InChI=1S/C21H18FNO3S/c1-25-18-7-4-14(16-11-20(24)23-17-8-9-27-21(16)17)10-19(18)26-12-13-2-5-15(22)6-3-13/h2-10,16H,11-12H2,1H3,(H,23,24)/t16-/m1/s1. The summed E-state index contributed by atoms with van der Waals surface area (Å²) in [5.41, 5.74) is 2.75. The van der Waals surface area contributed by atoms with Gasteiger partial charge >= 0.3 is 0 Å². The molecule has 1 amide bonds. The van der Waals surface area contributed by atoms with Crippen LogP contribution in [0.1, 0.15) is 28.3 Å². The summed E-state index contributed by atoms with van der Waals surface area (Å²) in [6, 6.07) is 13.9. The topological polar surface area (TPSA) is 47.6 Å². The lowest BCUT2D eigenvalue weighted by Crippen LogP contribution is -2.22. The number of thiophene rings is 1. The molecule has 0 unspecified atom stereocenters. The summed E-state index contributed by atoms with van der Waals surface area (Å²) >= 11 is 1.64. The Morgan fingerprint density at radius 2 is 1.96 bits per heavy atom. The van der Waals surface area contributed by atoms with Crippen LogP contribution in [0.25, 0.3) is 0 Å². The number of rotatable bonds is 5. The van der Waals surface area contributed by atoms with Crippen molar-refractivity contribution < 1.29 is 18.7 Å². The first-order chi connectivity index (χ1) is 13.1. The molecule has 4 nitrogen and oxygen atoms in total. The van der Waals surface area contributed by atoms with Crippen molar-refractivity contribution in [2.24, 2.45) is 0 Å². The molecule has 27 heavy (non-hydrogen) atoms. The highest BCUT2D eigenvalue weighted by Gasteiger charge is 2.28. The first kappa shape index (κ1) is 17.5. The Morgan fingerprint density at radius 1 is 1.15 bits per heavy atom. The third-order valence-electron chi connectivity index (χ3n) is 4.57. The minimum atomic E-state index is -0.277. The summed E-state index contributed by atoms with van der Waals surface area (Å²) in [6.07, 6.45) is 0.400. The number of fused-ring (bicyclic) bond motifs is 1. The maximum atomic E-state index is 13.1. The van der Waals surface area contributed by atoms with Crippen LogP contribution in [-0.2, 0) is 11.4 Å². The zero-order chi connectivity index (χ0) is 18.8. The molecule has 0 saturated heterocycles. The maximum absolute atomic E-state index is 13.1. The molecule has 1 aliphatic heterocycles. The number of hydrogen-bond donors (Lipinski definition) is 1. The third kappa shape index (κ3) is 3.66. The molecule has 6 heteroatoms. The van der Waals surface area contributed by atoms with Crippen molar-refractivity contribution in [2.75, 3.05) is 12.4 Å². The van der Waals surface area contributed by atoms with Gasteiger partial charge in [-0.3, -0.25) is 4.79 Å². The Morgan fingerprint density at radius 3 is 2.74 bits per heavy atom. The second kappa shape index (κ2) is 7.40. The predicted molar refractivity (Wildman–Crippen MR) is 103 cm³/mol.